The number of aliphatic carboxylic acids is 1. The molecule has 1 aliphatic rings. The summed E-state index contributed by atoms with van der Waals surface area (Å²) in [6, 6.07) is 6.74. The van der Waals surface area contributed by atoms with E-state index < -0.39 is 18.0 Å². The van der Waals surface area contributed by atoms with Gasteiger partial charge in [0.15, 0.2) is 5.71 Å². The number of rotatable bonds is 3. The topological polar surface area (TPSA) is 112 Å². The number of carbonyl (C=O) groups excluding carboxylic acids is 1. The molecule has 1 heterocycles. The number of carboxylic acid groups (broad SMARTS) is 1. The van der Waals surface area contributed by atoms with Crippen LogP contribution in [0.1, 0.15) is 12.0 Å². The maximum absolute atomic E-state index is 11.9. The molecule has 1 aromatic rings. The Morgan fingerprint density at radius 2 is 2.30 bits per heavy atom. The highest BCUT2D eigenvalue weighted by atomic mass is 79.9. The van der Waals surface area contributed by atoms with Crippen molar-refractivity contribution in [3.8, 4) is 6.07 Å². The Hall–Kier alpha value is -2.40. The van der Waals surface area contributed by atoms with Crippen molar-refractivity contribution in [3.63, 3.8) is 0 Å². The minimum absolute atomic E-state index is 0.114. The lowest BCUT2D eigenvalue weighted by atomic mass is 10.1. The number of halogens is 1. The SMILES string of the molecule is N#Cc1ccc(Br)cc1NC(=O)C1CC(C(=O)O)=NO1. The van der Waals surface area contributed by atoms with E-state index in [1.54, 1.807) is 18.2 Å². The predicted octanol–water partition coefficient (Wildman–Crippen LogP) is 1.49. The van der Waals surface area contributed by atoms with Gasteiger partial charge in [0, 0.05) is 10.9 Å². The number of nitrogens with zero attached hydrogens (tertiary/aromatic N) is 2. The van der Waals surface area contributed by atoms with Gasteiger partial charge in [-0.15, -0.1) is 0 Å². The maximum Gasteiger partial charge on any atom is 0.353 e. The first-order chi connectivity index (χ1) is 9.51. The third kappa shape index (κ3) is 2.95. The van der Waals surface area contributed by atoms with E-state index in [-0.39, 0.29) is 12.1 Å². The number of nitriles is 1. The summed E-state index contributed by atoms with van der Waals surface area (Å²) in [4.78, 5) is 27.4. The molecule has 8 heteroatoms. The fourth-order valence-electron chi connectivity index (χ4n) is 1.57. The first-order valence-electron chi connectivity index (χ1n) is 5.47. The number of amides is 1. The molecule has 2 N–H and O–H groups in total. The molecular weight excluding hydrogens is 330 g/mol. The Balaban J connectivity index is 2.09. The van der Waals surface area contributed by atoms with Crippen LogP contribution < -0.4 is 5.32 Å². The van der Waals surface area contributed by atoms with E-state index in [4.69, 9.17) is 15.2 Å². The Morgan fingerprint density at radius 3 is 2.90 bits per heavy atom. The van der Waals surface area contributed by atoms with Gasteiger partial charge in [0.25, 0.3) is 5.91 Å². The van der Waals surface area contributed by atoms with Crippen molar-refractivity contribution in [2.24, 2.45) is 5.16 Å². The Bertz CT molecular complexity index is 651. The highest BCUT2D eigenvalue weighted by Gasteiger charge is 2.31. The van der Waals surface area contributed by atoms with Crippen molar-refractivity contribution >= 4 is 39.2 Å². The molecule has 1 atom stereocenters. The van der Waals surface area contributed by atoms with Gasteiger partial charge in [-0.3, -0.25) is 4.79 Å². The molecule has 0 aliphatic carbocycles. The summed E-state index contributed by atoms with van der Waals surface area (Å²) in [5.74, 6) is -1.78. The van der Waals surface area contributed by atoms with Crippen LogP contribution in [0.25, 0.3) is 0 Å². The summed E-state index contributed by atoms with van der Waals surface area (Å²) >= 11 is 3.24. The van der Waals surface area contributed by atoms with Crippen LogP contribution in [-0.4, -0.2) is 28.8 Å². The van der Waals surface area contributed by atoms with Crippen LogP contribution in [0.15, 0.2) is 27.8 Å². The van der Waals surface area contributed by atoms with Gasteiger partial charge < -0.3 is 15.3 Å². The minimum atomic E-state index is -1.22. The van der Waals surface area contributed by atoms with Gasteiger partial charge in [0.2, 0.25) is 6.10 Å². The molecule has 7 nitrogen and oxygen atoms in total. The number of nitrogens with one attached hydrogen (secondary N) is 1. The van der Waals surface area contributed by atoms with Gasteiger partial charge in [-0.25, -0.2) is 4.79 Å². The van der Waals surface area contributed by atoms with E-state index in [1.807, 2.05) is 6.07 Å². The molecule has 0 fully saturated rings. The van der Waals surface area contributed by atoms with E-state index in [2.05, 4.69) is 26.4 Å². The molecule has 0 aromatic heterocycles. The Labute approximate surface area is 122 Å². The largest absolute Gasteiger partial charge is 0.477 e. The molecule has 1 aliphatic heterocycles. The van der Waals surface area contributed by atoms with Gasteiger partial charge in [-0.1, -0.05) is 21.1 Å². The van der Waals surface area contributed by atoms with E-state index in [0.717, 1.165) is 0 Å². The number of hydrogen-bond donors (Lipinski definition) is 2. The van der Waals surface area contributed by atoms with Gasteiger partial charge in [0.1, 0.15) is 6.07 Å². The molecular formula is C12H8BrN3O4. The van der Waals surface area contributed by atoms with E-state index in [1.165, 1.54) is 0 Å². The van der Waals surface area contributed by atoms with Crippen LogP contribution >= 0.6 is 15.9 Å². The predicted molar refractivity (Wildman–Crippen MR) is 72.0 cm³/mol. The highest BCUT2D eigenvalue weighted by Crippen LogP contribution is 2.22. The number of hydrogen-bond acceptors (Lipinski definition) is 5. The van der Waals surface area contributed by atoms with Crippen molar-refractivity contribution in [1.29, 1.82) is 5.26 Å². The lowest BCUT2D eigenvalue weighted by Crippen LogP contribution is -2.29. The molecule has 102 valence electrons. The average Bonchev–Trinajstić information content (AvgIpc) is 2.89. The van der Waals surface area contributed by atoms with Gasteiger partial charge in [-0.2, -0.15) is 5.26 Å². The van der Waals surface area contributed by atoms with Crippen LogP contribution in [-0.2, 0) is 14.4 Å². The molecule has 1 amide bonds. The summed E-state index contributed by atoms with van der Waals surface area (Å²) in [7, 11) is 0. The zero-order valence-corrected chi connectivity index (χ0v) is 11.5. The maximum atomic E-state index is 11.9. The monoisotopic (exact) mass is 337 g/mol. The Morgan fingerprint density at radius 1 is 1.55 bits per heavy atom. The van der Waals surface area contributed by atoms with E-state index in [9.17, 15) is 9.59 Å². The van der Waals surface area contributed by atoms with Crippen molar-refractivity contribution in [3.05, 3.63) is 28.2 Å². The highest BCUT2D eigenvalue weighted by molar-refractivity contribution is 9.10. The number of oxime groups is 1. The average molecular weight is 338 g/mol. The van der Waals surface area contributed by atoms with Crippen molar-refractivity contribution in [2.45, 2.75) is 12.5 Å². The van der Waals surface area contributed by atoms with Crippen LogP contribution in [0.5, 0.6) is 0 Å². The number of benzene rings is 1. The second-order valence-electron chi connectivity index (χ2n) is 3.93. The fraction of sp³-hybridized carbons (Fsp3) is 0.167. The van der Waals surface area contributed by atoms with E-state index >= 15 is 0 Å². The number of carboxylic acids is 1. The van der Waals surface area contributed by atoms with Crippen LogP contribution in [0, 0.1) is 11.3 Å². The molecule has 1 unspecified atom stereocenters. The molecule has 0 spiro atoms. The minimum Gasteiger partial charge on any atom is -0.477 e. The first kappa shape index (κ1) is 14.0. The molecule has 0 saturated carbocycles. The summed E-state index contributed by atoms with van der Waals surface area (Å²) in [5, 5.41) is 23.5. The quantitative estimate of drug-likeness (QED) is 0.867. The van der Waals surface area contributed by atoms with Gasteiger partial charge in [0.05, 0.1) is 11.3 Å². The fourth-order valence-corrected chi connectivity index (χ4v) is 1.94. The summed E-state index contributed by atoms with van der Waals surface area (Å²) in [6.07, 6.45) is -1.12. The van der Waals surface area contributed by atoms with Crippen LogP contribution in [0.3, 0.4) is 0 Å². The van der Waals surface area contributed by atoms with Gasteiger partial charge in [-0.05, 0) is 18.2 Å². The zero-order chi connectivity index (χ0) is 14.7. The second kappa shape index (κ2) is 5.71. The second-order valence-corrected chi connectivity index (χ2v) is 4.85. The van der Waals surface area contributed by atoms with Crippen molar-refractivity contribution < 1.29 is 19.5 Å². The lowest BCUT2D eigenvalue weighted by molar-refractivity contribution is -0.129. The molecule has 1 aromatic carbocycles. The van der Waals surface area contributed by atoms with Crippen molar-refractivity contribution in [1.82, 2.24) is 0 Å². The third-order valence-corrected chi connectivity index (χ3v) is 3.06. The molecule has 2 rings (SSSR count). The van der Waals surface area contributed by atoms with Gasteiger partial charge >= 0.3 is 5.97 Å². The molecule has 0 radical (unpaired) electrons. The number of anilines is 1. The zero-order valence-electron chi connectivity index (χ0n) is 9.96. The van der Waals surface area contributed by atoms with E-state index in [0.29, 0.717) is 15.7 Å². The molecule has 20 heavy (non-hydrogen) atoms. The first-order valence-corrected chi connectivity index (χ1v) is 6.27. The van der Waals surface area contributed by atoms with Crippen molar-refractivity contribution in [2.75, 3.05) is 5.32 Å². The summed E-state index contributed by atoms with van der Waals surface area (Å²) < 4.78 is 0.696. The third-order valence-electron chi connectivity index (χ3n) is 2.57. The normalized spacial score (nSPS) is 16.8. The van der Waals surface area contributed by atoms with Crippen LogP contribution in [0.4, 0.5) is 5.69 Å². The summed E-state index contributed by atoms with van der Waals surface area (Å²) in [5.41, 5.74) is 0.401. The molecule has 0 saturated heterocycles. The Kier molecular flexibility index (Phi) is 4.00. The lowest BCUT2D eigenvalue weighted by Gasteiger charge is -2.10. The smallest absolute Gasteiger partial charge is 0.353 e. The van der Waals surface area contributed by atoms with Crippen LogP contribution in [0.2, 0.25) is 0 Å². The standard InChI is InChI=1S/C12H8BrN3O4/c13-7-2-1-6(5-14)8(3-7)15-11(17)10-4-9(12(18)19)16-20-10/h1-3,10H,4H2,(H,15,17)(H,18,19). The summed E-state index contributed by atoms with van der Waals surface area (Å²) in [6.45, 7) is 0. The number of carbonyl (C=O) groups is 2. The molecule has 0 bridgehead atoms.